The third-order valence-corrected chi connectivity index (χ3v) is 4.42. The predicted octanol–water partition coefficient (Wildman–Crippen LogP) is 4.17. The van der Waals surface area contributed by atoms with Crippen LogP contribution in [0, 0.1) is 0 Å². The first-order valence-electron chi connectivity index (χ1n) is 8.99. The molecule has 2 aromatic carbocycles. The Bertz CT molecular complexity index is 992. The van der Waals surface area contributed by atoms with E-state index < -0.39 is 5.63 Å². The lowest BCUT2D eigenvalue weighted by Crippen LogP contribution is -2.31. The molecular formula is C22H23NO4. The Balaban J connectivity index is 1.68. The number of hydrogen-bond acceptors (Lipinski definition) is 4. The van der Waals surface area contributed by atoms with Crippen molar-refractivity contribution in [3.63, 3.8) is 0 Å². The molecule has 0 aliphatic heterocycles. The lowest BCUT2D eigenvalue weighted by Gasteiger charge is -2.15. The third kappa shape index (κ3) is 4.56. The molecule has 1 N–H and O–H groups in total. The van der Waals surface area contributed by atoms with Gasteiger partial charge in [-0.1, -0.05) is 44.2 Å². The number of hydrogen-bond donors (Lipinski definition) is 1. The zero-order chi connectivity index (χ0) is 19.4. The largest absolute Gasteiger partial charge is 0.484 e. The molecule has 0 bridgehead atoms. The van der Waals surface area contributed by atoms with Crippen molar-refractivity contribution in [2.45, 2.75) is 32.7 Å². The summed E-state index contributed by atoms with van der Waals surface area (Å²) in [5, 5.41) is 3.77. The van der Waals surface area contributed by atoms with Crippen molar-refractivity contribution in [3.8, 4) is 5.75 Å². The van der Waals surface area contributed by atoms with Crippen molar-refractivity contribution in [1.29, 1.82) is 0 Å². The Morgan fingerprint density at radius 3 is 2.52 bits per heavy atom. The van der Waals surface area contributed by atoms with Crippen LogP contribution >= 0.6 is 0 Å². The van der Waals surface area contributed by atoms with Crippen LogP contribution in [0.25, 0.3) is 11.0 Å². The molecule has 3 rings (SSSR count). The normalized spacial score (nSPS) is 12.1. The summed E-state index contributed by atoms with van der Waals surface area (Å²) in [5.41, 5.74) is 2.03. The fourth-order valence-corrected chi connectivity index (χ4v) is 2.99. The summed E-state index contributed by atoms with van der Waals surface area (Å²) in [6.45, 7) is 5.86. The second-order valence-corrected chi connectivity index (χ2v) is 6.82. The second kappa shape index (κ2) is 8.08. The minimum atomic E-state index is -0.391. The van der Waals surface area contributed by atoms with Crippen molar-refractivity contribution < 1.29 is 13.9 Å². The minimum Gasteiger partial charge on any atom is -0.484 e. The predicted molar refractivity (Wildman–Crippen MR) is 105 cm³/mol. The average Bonchev–Trinajstić information content (AvgIpc) is 2.66. The maximum atomic E-state index is 12.2. The van der Waals surface area contributed by atoms with Gasteiger partial charge >= 0.3 is 5.63 Å². The van der Waals surface area contributed by atoms with Gasteiger partial charge in [-0.15, -0.1) is 0 Å². The van der Waals surface area contributed by atoms with E-state index in [0.717, 1.165) is 16.5 Å². The Morgan fingerprint density at radius 2 is 1.81 bits per heavy atom. The highest BCUT2D eigenvalue weighted by Crippen LogP contribution is 2.27. The molecule has 0 fully saturated rings. The molecule has 0 aliphatic rings. The summed E-state index contributed by atoms with van der Waals surface area (Å²) in [7, 11) is 0. The minimum absolute atomic E-state index is 0.106. The summed E-state index contributed by atoms with van der Waals surface area (Å²) in [6, 6.07) is 16.4. The highest BCUT2D eigenvalue weighted by Gasteiger charge is 2.12. The van der Waals surface area contributed by atoms with E-state index in [1.54, 1.807) is 12.1 Å². The number of rotatable bonds is 6. The molecule has 27 heavy (non-hydrogen) atoms. The molecule has 140 valence electrons. The van der Waals surface area contributed by atoms with Crippen LogP contribution in [-0.4, -0.2) is 12.5 Å². The maximum Gasteiger partial charge on any atom is 0.336 e. The lowest BCUT2D eigenvalue weighted by atomic mass is 10.00. The Labute approximate surface area is 158 Å². The molecule has 0 radical (unpaired) electrons. The Hall–Kier alpha value is -3.08. The molecule has 5 nitrogen and oxygen atoms in total. The van der Waals surface area contributed by atoms with Gasteiger partial charge in [-0.3, -0.25) is 4.79 Å². The topological polar surface area (TPSA) is 68.5 Å². The van der Waals surface area contributed by atoms with Gasteiger partial charge in [0, 0.05) is 17.5 Å². The van der Waals surface area contributed by atoms with E-state index in [9.17, 15) is 9.59 Å². The smallest absolute Gasteiger partial charge is 0.336 e. The van der Waals surface area contributed by atoms with Gasteiger partial charge in [0.25, 0.3) is 5.91 Å². The summed E-state index contributed by atoms with van der Waals surface area (Å²) in [5.74, 6) is 0.464. The van der Waals surface area contributed by atoms with Crippen LogP contribution in [0.3, 0.4) is 0 Å². The highest BCUT2D eigenvalue weighted by molar-refractivity contribution is 5.82. The van der Waals surface area contributed by atoms with Crippen LogP contribution in [0.2, 0.25) is 0 Å². The lowest BCUT2D eigenvalue weighted by molar-refractivity contribution is -0.123. The zero-order valence-electron chi connectivity index (χ0n) is 15.7. The monoisotopic (exact) mass is 365 g/mol. The summed E-state index contributed by atoms with van der Waals surface area (Å²) in [6.07, 6.45) is 0. The van der Waals surface area contributed by atoms with Crippen LogP contribution in [0.4, 0.5) is 0 Å². The van der Waals surface area contributed by atoms with E-state index in [2.05, 4.69) is 5.32 Å². The van der Waals surface area contributed by atoms with Gasteiger partial charge in [0.2, 0.25) is 0 Å². The van der Waals surface area contributed by atoms with E-state index in [0.29, 0.717) is 11.3 Å². The van der Waals surface area contributed by atoms with Gasteiger partial charge in [0.15, 0.2) is 6.61 Å². The van der Waals surface area contributed by atoms with Crippen LogP contribution in [0.1, 0.15) is 43.9 Å². The number of amides is 1. The molecule has 0 spiro atoms. The number of nitrogens with one attached hydrogen (secondary N) is 1. The molecule has 5 heteroatoms. The van der Waals surface area contributed by atoms with Crippen molar-refractivity contribution in [2.24, 2.45) is 0 Å². The molecule has 3 aromatic rings. The summed E-state index contributed by atoms with van der Waals surface area (Å²) in [4.78, 5) is 23.9. The van der Waals surface area contributed by atoms with Gasteiger partial charge in [-0.2, -0.15) is 0 Å². The summed E-state index contributed by atoms with van der Waals surface area (Å²) < 4.78 is 10.9. The molecule has 0 saturated carbocycles. The number of ether oxygens (including phenoxy) is 1. The molecule has 0 aliphatic carbocycles. The number of carbonyl (C=O) groups is 1. The van der Waals surface area contributed by atoms with Crippen molar-refractivity contribution >= 4 is 16.9 Å². The zero-order valence-corrected chi connectivity index (χ0v) is 15.7. The SMILES string of the molecule is CC(C)c1cc(=O)oc2cc(OCC(=O)N[C@H](C)c3ccccc3)ccc12. The fourth-order valence-electron chi connectivity index (χ4n) is 2.99. The second-order valence-electron chi connectivity index (χ2n) is 6.82. The van der Waals surface area contributed by atoms with E-state index in [1.807, 2.05) is 57.2 Å². The highest BCUT2D eigenvalue weighted by atomic mass is 16.5. The van der Waals surface area contributed by atoms with Crippen molar-refractivity contribution in [2.75, 3.05) is 6.61 Å². The Kier molecular flexibility index (Phi) is 5.60. The quantitative estimate of drug-likeness (QED) is 0.666. The van der Waals surface area contributed by atoms with Gasteiger partial charge in [0.05, 0.1) is 6.04 Å². The van der Waals surface area contributed by atoms with Gasteiger partial charge < -0.3 is 14.5 Å². The maximum absolute atomic E-state index is 12.2. The molecule has 1 aromatic heterocycles. The van der Waals surface area contributed by atoms with Gasteiger partial charge in [-0.25, -0.2) is 4.79 Å². The number of benzene rings is 2. The summed E-state index contributed by atoms with van der Waals surface area (Å²) >= 11 is 0. The molecule has 1 amide bonds. The first-order valence-corrected chi connectivity index (χ1v) is 8.99. The van der Waals surface area contributed by atoms with E-state index in [1.165, 1.54) is 6.07 Å². The first-order chi connectivity index (χ1) is 12.9. The van der Waals surface area contributed by atoms with Crippen molar-refractivity contribution in [3.05, 3.63) is 76.1 Å². The van der Waals surface area contributed by atoms with Crippen molar-refractivity contribution in [1.82, 2.24) is 5.32 Å². The molecule has 0 saturated heterocycles. The van der Waals surface area contributed by atoms with Crippen LogP contribution in [0.15, 0.2) is 63.8 Å². The average molecular weight is 365 g/mol. The number of carbonyl (C=O) groups excluding carboxylic acids is 1. The standard InChI is InChI=1S/C22H23NO4/c1-14(2)19-12-22(25)27-20-11-17(9-10-18(19)20)26-13-21(24)23-15(3)16-7-5-4-6-8-16/h4-12,14-15H,13H2,1-3H3,(H,23,24)/t15-/m1/s1. The van der Waals surface area contributed by atoms with Gasteiger partial charge in [-0.05, 0) is 36.1 Å². The van der Waals surface area contributed by atoms with E-state index >= 15 is 0 Å². The van der Waals surface area contributed by atoms with E-state index in [-0.39, 0.29) is 24.5 Å². The van der Waals surface area contributed by atoms with Gasteiger partial charge in [0.1, 0.15) is 11.3 Å². The van der Waals surface area contributed by atoms with E-state index in [4.69, 9.17) is 9.15 Å². The first kappa shape index (κ1) is 18.7. The third-order valence-electron chi connectivity index (χ3n) is 4.42. The molecule has 0 unspecified atom stereocenters. The molecular weight excluding hydrogens is 342 g/mol. The molecule has 1 atom stereocenters. The van der Waals surface area contributed by atoms with Crippen LogP contribution in [0.5, 0.6) is 5.75 Å². The Morgan fingerprint density at radius 1 is 1.07 bits per heavy atom. The van der Waals surface area contributed by atoms with Crippen LogP contribution < -0.4 is 15.7 Å². The number of fused-ring (bicyclic) bond motifs is 1. The van der Waals surface area contributed by atoms with Crippen LogP contribution in [-0.2, 0) is 4.79 Å². The molecule has 1 heterocycles. The fraction of sp³-hybridized carbons (Fsp3) is 0.273.